The molecule has 1 amide bonds. The Kier molecular flexibility index (Phi) is 11.0. The van der Waals surface area contributed by atoms with Crippen LogP contribution >= 0.6 is 11.3 Å². The highest BCUT2D eigenvalue weighted by Crippen LogP contribution is 2.28. The average Bonchev–Trinajstić information content (AvgIpc) is 3.15. The summed E-state index contributed by atoms with van der Waals surface area (Å²) in [4.78, 5) is 34.6. The fourth-order valence-corrected chi connectivity index (χ4v) is 3.42. The van der Waals surface area contributed by atoms with Crippen LogP contribution in [0.1, 0.15) is 82.4 Å². The molecular weight excluding hydrogens is 420 g/mol. The van der Waals surface area contributed by atoms with E-state index >= 15 is 0 Å². The Balaban J connectivity index is 3.01. The van der Waals surface area contributed by atoms with Gasteiger partial charge in [0.25, 0.3) is 0 Å². The van der Waals surface area contributed by atoms with Gasteiger partial charge in [-0.1, -0.05) is 13.8 Å². The average molecular weight is 455 g/mol. The Labute approximate surface area is 188 Å². The molecular formula is C22H34N2O6S. The molecule has 31 heavy (non-hydrogen) atoms. The van der Waals surface area contributed by atoms with Crippen LogP contribution in [0.15, 0.2) is 5.38 Å². The van der Waals surface area contributed by atoms with E-state index in [1.807, 2.05) is 13.8 Å². The predicted molar refractivity (Wildman–Crippen MR) is 118 cm³/mol. The van der Waals surface area contributed by atoms with E-state index in [1.54, 1.807) is 33.1 Å². The Bertz CT molecular complexity index is 750. The first-order valence-electron chi connectivity index (χ1n) is 10.4. The summed E-state index contributed by atoms with van der Waals surface area (Å²) in [5.41, 5.74) is -0.557. The molecule has 1 N–H and O–H groups in total. The van der Waals surface area contributed by atoms with E-state index in [-0.39, 0.29) is 31.2 Å². The Morgan fingerprint density at radius 1 is 1.35 bits per heavy atom. The third-order valence-electron chi connectivity index (χ3n) is 4.10. The quantitative estimate of drug-likeness (QED) is 0.230. The second-order valence-electron chi connectivity index (χ2n) is 8.30. The van der Waals surface area contributed by atoms with E-state index in [9.17, 15) is 14.7 Å². The van der Waals surface area contributed by atoms with Gasteiger partial charge in [-0.15, -0.1) is 23.7 Å². The molecule has 174 valence electrons. The molecule has 0 aromatic carbocycles. The highest BCUT2D eigenvalue weighted by atomic mass is 32.1. The fourth-order valence-electron chi connectivity index (χ4n) is 2.64. The van der Waals surface area contributed by atoms with Crippen molar-refractivity contribution in [1.82, 2.24) is 10.0 Å². The zero-order valence-electron chi connectivity index (χ0n) is 19.2. The lowest BCUT2D eigenvalue weighted by atomic mass is 9.98. The van der Waals surface area contributed by atoms with Crippen LogP contribution in [0.3, 0.4) is 0 Å². The van der Waals surface area contributed by atoms with E-state index in [2.05, 4.69) is 10.9 Å². The standard InChI is InChI=1S/C22H34N2O6S/c1-8-10-11-12-29-24(21(27)30-22(5,6)7)17(15(3)4)13-18(25)19-23-16(14-31-19)20(26)28-9-2/h1,14-15,17-18,25H,9-13H2,2-7H3/t17-,18-/m1/s1. The van der Waals surface area contributed by atoms with Crippen molar-refractivity contribution >= 4 is 23.4 Å². The number of aliphatic hydroxyl groups excluding tert-OH is 1. The largest absolute Gasteiger partial charge is 0.461 e. The molecule has 1 aromatic rings. The number of hydrogen-bond acceptors (Lipinski definition) is 8. The van der Waals surface area contributed by atoms with E-state index in [1.165, 1.54) is 5.06 Å². The number of terminal acetylenes is 1. The number of rotatable bonds is 11. The van der Waals surface area contributed by atoms with Gasteiger partial charge < -0.3 is 14.6 Å². The summed E-state index contributed by atoms with van der Waals surface area (Å²) in [5, 5.41) is 13.9. The number of aliphatic hydroxyl groups is 1. The number of nitrogens with zero attached hydrogens (tertiary/aromatic N) is 2. The van der Waals surface area contributed by atoms with Gasteiger partial charge in [-0.05, 0) is 40.0 Å². The molecule has 0 aliphatic heterocycles. The van der Waals surface area contributed by atoms with Crippen LogP contribution in [-0.4, -0.2) is 52.1 Å². The summed E-state index contributed by atoms with van der Waals surface area (Å²) in [6, 6.07) is -0.495. The van der Waals surface area contributed by atoms with Gasteiger partial charge in [-0.25, -0.2) is 14.6 Å². The molecule has 2 atom stereocenters. The molecule has 0 radical (unpaired) electrons. The number of ether oxygens (including phenoxy) is 2. The van der Waals surface area contributed by atoms with E-state index < -0.39 is 29.8 Å². The third kappa shape index (κ3) is 9.25. The summed E-state index contributed by atoms with van der Waals surface area (Å²) in [7, 11) is 0. The minimum Gasteiger partial charge on any atom is -0.461 e. The van der Waals surface area contributed by atoms with Crippen LogP contribution in [0.2, 0.25) is 0 Å². The highest BCUT2D eigenvalue weighted by molar-refractivity contribution is 7.09. The van der Waals surface area contributed by atoms with Gasteiger partial charge in [0.2, 0.25) is 0 Å². The van der Waals surface area contributed by atoms with Crippen molar-refractivity contribution in [2.75, 3.05) is 13.2 Å². The minimum atomic E-state index is -1.00. The van der Waals surface area contributed by atoms with Gasteiger partial charge in [0.15, 0.2) is 5.69 Å². The third-order valence-corrected chi connectivity index (χ3v) is 5.04. The van der Waals surface area contributed by atoms with Gasteiger partial charge >= 0.3 is 12.1 Å². The van der Waals surface area contributed by atoms with Gasteiger partial charge in [-0.2, -0.15) is 5.06 Å². The number of thiazole rings is 1. The second kappa shape index (κ2) is 12.6. The summed E-state index contributed by atoms with van der Waals surface area (Å²) in [6.07, 6.45) is 4.91. The van der Waals surface area contributed by atoms with E-state index in [4.69, 9.17) is 20.7 Å². The van der Waals surface area contributed by atoms with Gasteiger partial charge in [0, 0.05) is 18.2 Å². The molecule has 0 aliphatic rings. The zero-order valence-corrected chi connectivity index (χ0v) is 20.0. The lowest BCUT2D eigenvalue weighted by Gasteiger charge is -2.35. The van der Waals surface area contributed by atoms with Crippen molar-refractivity contribution in [2.45, 2.75) is 78.6 Å². The molecule has 0 spiro atoms. The number of esters is 1. The summed E-state index contributed by atoms with van der Waals surface area (Å²) in [5.74, 6) is 1.94. The predicted octanol–water partition coefficient (Wildman–Crippen LogP) is 4.35. The molecule has 0 unspecified atom stereocenters. The maximum absolute atomic E-state index is 12.8. The van der Waals surface area contributed by atoms with Gasteiger partial charge in [-0.3, -0.25) is 4.84 Å². The molecule has 8 nitrogen and oxygen atoms in total. The molecule has 1 heterocycles. The van der Waals surface area contributed by atoms with Crippen molar-refractivity contribution in [3.05, 3.63) is 16.1 Å². The maximum Gasteiger partial charge on any atom is 0.434 e. The molecule has 0 saturated heterocycles. The highest BCUT2D eigenvalue weighted by Gasteiger charge is 2.34. The van der Waals surface area contributed by atoms with Crippen LogP contribution in [0, 0.1) is 18.3 Å². The van der Waals surface area contributed by atoms with Crippen LogP contribution in [0.5, 0.6) is 0 Å². The number of hydrogen-bond donors (Lipinski definition) is 1. The maximum atomic E-state index is 12.8. The molecule has 0 bridgehead atoms. The summed E-state index contributed by atoms with van der Waals surface area (Å²) < 4.78 is 10.4. The Morgan fingerprint density at radius 2 is 2.03 bits per heavy atom. The first-order valence-corrected chi connectivity index (χ1v) is 11.3. The summed E-state index contributed by atoms with van der Waals surface area (Å²) >= 11 is 1.16. The van der Waals surface area contributed by atoms with Crippen LogP contribution in [-0.2, 0) is 14.3 Å². The van der Waals surface area contributed by atoms with Crippen molar-refractivity contribution in [3.63, 3.8) is 0 Å². The summed E-state index contributed by atoms with van der Waals surface area (Å²) in [6.45, 7) is 11.4. The molecule has 1 rings (SSSR count). The number of carbonyl (C=O) groups excluding carboxylic acids is 2. The van der Waals surface area contributed by atoms with Gasteiger partial charge in [0.1, 0.15) is 16.7 Å². The fraction of sp³-hybridized carbons (Fsp3) is 0.682. The van der Waals surface area contributed by atoms with Gasteiger partial charge in [0.05, 0.1) is 19.3 Å². The van der Waals surface area contributed by atoms with E-state index in [0.29, 0.717) is 17.8 Å². The SMILES string of the molecule is C#CCCCON(C(=O)OC(C)(C)C)[C@H](C[C@@H](O)c1nc(C(=O)OCC)cs1)C(C)C. The molecule has 1 aromatic heterocycles. The Hall–Kier alpha value is -2.15. The first-order chi connectivity index (χ1) is 14.5. The lowest BCUT2D eigenvalue weighted by Crippen LogP contribution is -2.46. The Morgan fingerprint density at radius 3 is 2.58 bits per heavy atom. The molecule has 9 heteroatoms. The smallest absolute Gasteiger partial charge is 0.434 e. The number of amides is 1. The number of carbonyl (C=O) groups is 2. The topological polar surface area (TPSA) is 98.2 Å². The number of unbranched alkanes of at least 4 members (excludes halogenated alkanes) is 1. The first kappa shape index (κ1) is 26.9. The zero-order chi connectivity index (χ0) is 23.6. The number of hydroxylamine groups is 2. The van der Waals surface area contributed by atoms with Crippen LogP contribution in [0.4, 0.5) is 4.79 Å². The monoisotopic (exact) mass is 454 g/mol. The molecule has 0 saturated carbocycles. The van der Waals surface area contributed by atoms with Crippen molar-refractivity contribution in [3.8, 4) is 12.3 Å². The second-order valence-corrected chi connectivity index (χ2v) is 9.19. The van der Waals surface area contributed by atoms with Crippen LogP contribution in [0.25, 0.3) is 0 Å². The van der Waals surface area contributed by atoms with Crippen molar-refractivity contribution in [2.24, 2.45) is 5.92 Å². The van der Waals surface area contributed by atoms with Crippen molar-refractivity contribution < 1.29 is 29.0 Å². The van der Waals surface area contributed by atoms with Crippen LogP contribution < -0.4 is 0 Å². The van der Waals surface area contributed by atoms with E-state index in [0.717, 1.165) is 11.3 Å². The molecule has 0 aliphatic carbocycles. The number of aromatic nitrogens is 1. The van der Waals surface area contributed by atoms with Crippen molar-refractivity contribution in [1.29, 1.82) is 0 Å². The minimum absolute atomic E-state index is 0.0562. The molecule has 0 fully saturated rings. The lowest BCUT2D eigenvalue weighted by molar-refractivity contribution is -0.184. The normalized spacial score (nSPS) is 13.4.